The van der Waals surface area contributed by atoms with Crippen molar-refractivity contribution in [3.05, 3.63) is 34.9 Å². The molecule has 0 N–H and O–H groups in total. The summed E-state index contributed by atoms with van der Waals surface area (Å²) < 4.78 is 0. The summed E-state index contributed by atoms with van der Waals surface area (Å²) in [6, 6.07) is 6.57. The van der Waals surface area contributed by atoms with E-state index in [-0.39, 0.29) is 0 Å². The average Bonchev–Trinajstić information content (AvgIpc) is 2.64. The first-order chi connectivity index (χ1) is 12.0. The van der Waals surface area contributed by atoms with E-state index in [1.165, 1.54) is 44.1 Å². The Morgan fingerprint density at radius 2 is 1.12 bits per heavy atom. The van der Waals surface area contributed by atoms with Crippen LogP contribution < -0.4 is 0 Å². The molecule has 126 valence electrons. The second-order valence-electron chi connectivity index (χ2n) is 10.4. The molecule has 1 aromatic carbocycles. The monoisotopic (exact) mass is 326 g/mol. The fraction of sp³-hybridized carbons (Fsp3) is 0.600. The molecule has 7 fully saturated rings. The Labute approximate surface area is 151 Å². The Balaban J connectivity index is 1.47. The second-order valence-corrected chi connectivity index (χ2v) is 10.4. The van der Waals surface area contributed by atoms with Crippen molar-refractivity contribution in [3.8, 4) is 24.7 Å². The molecule has 8 rings (SSSR count). The van der Waals surface area contributed by atoms with E-state index < -0.39 is 0 Å². The predicted molar refractivity (Wildman–Crippen MR) is 101 cm³/mol. The molecule has 0 radical (unpaired) electrons. The third kappa shape index (κ3) is 1.67. The van der Waals surface area contributed by atoms with Gasteiger partial charge in [-0.3, -0.25) is 0 Å². The van der Waals surface area contributed by atoms with E-state index in [4.69, 9.17) is 12.8 Å². The highest BCUT2D eigenvalue weighted by atomic mass is 14.7. The first-order valence-electron chi connectivity index (χ1n) is 10.1. The van der Waals surface area contributed by atoms with Crippen molar-refractivity contribution in [2.75, 3.05) is 0 Å². The zero-order valence-corrected chi connectivity index (χ0v) is 15.1. The lowest BCUT2D eigenvalue weighted by Gasteiger charge is -2.74. The molecule has 0 nitrogen and oxygen atoms in total. The van der Waals surface area contributed by atoms with Crippen molar-refractivity contribution < 1.29 is 0 Å². The number of benzene rings is 1. The molecule has 25 heavy (non-hydrogen) atoms. The zero-order chi connectivity index (χ0) is 17.0. The maximum atomic E-state index is 5.73. The molecule has 0 amide bonds. The van der Waals surface area contributed by atoms with Crippen LogP contribution in [0.2, 0.25) is 0 Å². The Morgan fingerprint density at radius 1 is 0.720 bits per heavy atom. The van der Waals surface area contributed by atoms with E-state index in [1.54, 1.807) is 0 Å². The maximum Gasteiger partial charge on any atom is 0.0257 e. The van der Waals surface area contributed by atoms with Gasteiger partial charge in [0.15, 0.2) is 0 Å². The van der Waals surface area contributed by atoms with E-state index in [0.29, 0.717) is 10.8 Å². The molecule has 1 aromatic rings. The van der Waals surface area contributed by atoms with Gasteiger partial charge in [-0.25, -0.2) is 0 Å². The molecule has 8 bridgehead atoms. The second kappa shape index (κ2) is 4.35. The smallest absolute Gasteiger partial charge is 0.0257 e. The third-order valence-corrected chi connectivity index (χ3v) is 9.24. The summed E-state index contributed by atoms with van der Waals surface area (Å²) >= 11 is 0. The van der Waals surface area contributed by atoms with Gasteiger partial charge in [0, 0.05) is 11.1 Å². The highest BCUT2D eigenvalue weighted by Crippen LogP contribution is 2.76. The zero-order valence-electron chi connectivity index (χ0n) is 15.1. The highest BCUT2D eigenvalue weighted by Gasteiger charge is 2.69. The SMILES string of the molecule is C#Cc1cc(C#C)cc(C23CC4C5CC6(C)CC4C(C2)C(C6)C5C3)c1. The van der Waals surface area contributed by atoms with Crippen LogP contribution in [0.3, 0.4) is 0 Å². The van der Waals surface area contributed by atoms with Crippen LogP contribution in [0.5, 0.6) is 0 Å². The lowest BCUT2D eigenvalue weighted by atomic mass is 9.30. The summed E-state index contributed by atoms with van der Waals surface area (Å²) in [4.78, 5) is 0. The van der Waals surface area contributed by atoms with Gasteiger partial charge in [0.2, 0.25) is 0 Å². The van der Waals surface area contributed by atoms with Gasteiger partial charge in [-0.05, 0) is 109 Å². The van der Waals surface area contributed by atoms with Gasteiger partial charge in [-0.2, -0.15) is 0 Å². The average molecular weight is 326 g/mol. The molecule has 0 spiro atoms. The minimum Gasteiger partial charge on any atom is -0.115 e. The van der Waals surface area contributed by atoms with Crippen molar-refractivity contribution in [3.63, 3.8) is 0 Å². The molecule has 0 atom stereocenters. The highest BCUT2D eigenvalue weighted by molar-refractivity contribution is 5.48. The minimum absolute atomic E-state index is 0.368. The van der Waals surface area contributed by atoms with E-state index in [9.17, 15) is 0 Å². The molecule has 0 saturated heterocycles. The summed E-state index contributed by atoms with van der Waals surface area (Å²) in [6.45, 7) is 2.59. The Hall–Kier alpha value is -1.66. The van der Waals surface area contributed by atoms with Gasteiger partial charge in [-0.1, -0.05) is 18.8 Å². The van der Waals surface area contributed by atoms with Gasteiger partial charge >= 0.3 is 0 Å². The van der Waals surface area contributed by atoms with Crippen molar-refractivity contribution in [2.45, 2.75) is 50.9 Å². The topological polar surface area (TPSA) is 0 Å². The van der Waals surface area contributed by atoms with Crippen LogP contribution >= 0.6 is 0 Å². The lowest BCUT2D eigenvalue weighted by Crippen LogP contribution is -2.68. The number of hydrogen-bond acceptors (Lipinski definition) is 0. The van der Waals surface area contributed by atoms with Crippen LogP contribution in [0, 0.1) is 65.6 Å². The minimum atomic E-state index is 0.368. The lowest BCUT2D eigenvalue weighted by molar-refractivity contribution is -0.236. The molecule has 0 heteroatoms. The standard InChI is InChI=1S/C25H26/c1-4-15-6-16(5-2)8-17(7-15)25-12-21-18-9-24(3)10-19(21)23(14-25)20(11-24)22(18)13-25/h1-2,6-8,18-23H,9-14H2,3H3. The van der Waals surface area contributed by atoms with Crippen LogP contribution in [0.4, 0.5) is 0 Å². The fourth-order valence-corrected chi connectivity index (χ4v) is 8.74. The Morgan fingerprint density at radius 3 is 1.52 bits per heavy atom. The summed E-state index contributed by atoms with van der Waals surface area (Å²) in [5.41, 5.74) is 4.46. The van der Waals surface area contributed by atoms with Crippen LogP contribution in [0.1, 0.15) is 62.1 Å². The molecule has 0 aromatic heterocycles. The van der Waals surface area contributed by atoms with Gasteiger partial charge in [-0.15, -0.1) is 12.8 Å². The van der Waals surface area contributed by atoms with Crippen LogP contribution in [-0.2, 0) is 5.41 Å². The number of rotatable bonds is 1. The quantitative estimate of drug-likeness (QED) is 0.637. The summed E-state index contributed by atoms with van der Waals surface area (Å²) in [5.74, 6) is 11.7. The molecule has 0 unspecified atom stereocenters. The molecule has 0 aliphatic heterocycles. The number of hydrogen-bond donors (Lipinski definition) is 0. The van der Waals surface area contributed by atoms with Gasteiger partial charge in [0.25, 0.3) is 0 Å². The van der Waals surface area contributed by atoms with Gasteiger partial charge in [0.1, 0.15) is 0 Å². The van der Waals surface area contributed by atoms with Crippen LogP contribution in [-0.4, -0.2) is 0 Å². The first-order valence-corrected chi connectivity index (χ1v) is 10.1. The summed E-state index contributed by atoms with van der Waals surface area (Å²) in [6.07, 6.45) is 20.2. The van der Waals surface area contributed by atoms with E-state index >= 15 is 0 Å². The van der Waals surface area contributed by atoms with Crippen molar-refractivity contribution >= 4 is 0 Å². The van der Waals surface area contributed by atoms with Gasteiger partial charge < -0.3 is 0 Å². The van der Waals surface area contributed by atoms with Crippen LogP contribution in [0.25, 0.3) is 0 Å². The van der Waals surface area contributed by atoms with E-state index in [1.807, 2.05) is 6.07 Å². The Kier molecular flexibility index (Phi) is 2.53. The normalized spacial score (nSPS) is 50.7. The predicted octanol–water partition coefficient (Wildman–Crippen LogP) is 5.00. The third-order valence-electron chi connectivity index (χ3n) is 9.24. The largest absolute Gasteiger partial charge is 0.115 e. The van der Waals surface area contributed by atoms with E-state index in [2.05, 4.69) is 30.9 Å². The van der Waals surface area contributed by atoms with Crippen LogP contribution in [0.15, 0.2) is 18.2 Å². The molecule has 7 aliphatic rings. The Bertz CT molecular complexity index is 762. The maximum absolute atomic E-state index is 5.73. The number of terminal acetylenes is 2. The van der Waals surface area contributed by atoms with Crippen molar-refractivity contribution in [1.29, 1.82) is 0 Å². The summed E-state index contributed by atoms with van der Waals surface area (Å²) in [7, 11) is 0. The molecule has 7 saturated carbocycles. The first kappa shape index (κ1) is 14.5. The molecule has 7 aliphatic carbocycles. The van der Waals surface area contributed by atoms with Crippen molar-refractivity contribution in [1.82, 2.24) is 0 Å². The van der Waals surface area contributed by atoms with Gasteiger partial charge in [0.05, 0.1) is 0 Å². The molecule has 0 heterocycles. The molecular formula is C25H26. The van der Waals surface area contributed by atoms with Crippen molar-refractivity contribution in [2.24, 2.45) is 40.9 Å². The molecular weight excluding hydrogens is 300 g/mol. The van der Waals surface area contributed by atoms with E-state index in [0.717, 1.165) is 46.6 Å². The summed E-state index contributed by atoms with van der Waals surface area (Å²) in [5, 5.41) is 0. The fourth-order valence-electron chi connectivity index (χ4n) is 8.74.